The van der Waals surface area contributed by atoms with Crippen molar-refractivity contribution in [2.75, 3.05) is 5.32 Å². The van der Waals surface area contributed by atoms with Gasteiger partial charge in [-0.1, -0.05) is 23.7 Å². The van der Waals surface area contributed by atoms with E-state index < -0.39 is 0 Å². The van der Waals surface area contributed by atoms with Crippen molar-refractivity contribution in [3.8, 4) is 5.75 Å². The van der Waals surface area contributed by atoms with Crippen molar-refractivity contribution in [1.29, 1.82) is 0 Å². The van der Waals surface area contributed by atoms with Gasteiger partial charge in [-0.05, 0) is 42.8 Å². The zero-order valence-corrected chi connectivity index (χ0v) is 10.9. The van der Waals surface area contributed by atoms with Crippen molar-refractivity contribution in [1.82, 2.24) is 0 Å². The van der Waals surface area contributed by atoms with Gasteiger partial charge in [0.1, 0.15) is 11.9 Å². The molecule has 1 heterocycles. The Labute approximate surface area is 112 Å². The summed E-state index contributed by atoms with van der Waals surface area (Å²) in [5, 5.41) is 4.11. The highest BCUT2D eigenvalue weighted by Gasteiger charge is 2.21. The molecule has 3 heteroatoms. The summed E-state index contributed by atoms with van der Waals surface area (Å²) in [6.07, 6.45) is 1.24. The minimum Gasteiger partial charge on any atom is -0.488 e. The fourth-order valence-corrected chi connectivity index (χ4v) is 2.35. The van der Waals surface area contributed by atoms with Crippen LogP contribution >= 0.6 is 11.6 Å². The van der Waals surface area contributed by atoms with E-state index in [4.69, 9.17) is 16.3 Å². The monoisotopic (exact) mass is 259 g/mol. The lowest BCUT2D eigenvalue weighted by molar-refractivity contribution is 0.256. The van der Waals surface area contributed by atoms with Gasteiger partial charge in [-0.2, -0.15) is 0 Å². The van der Waals surface area contributed by atoms with Crippen molar-refractivity contribution in [3.05, 3.63) is 53.1 Å². The molecule has 0 fully saturated rings. The number of hydrogen-bond acceptors (Lipinski definition) is 2. The summed E-state index contributed by atoms with van der Waals surface area (Å²) in [5.41, 5.74) is 3.29. The van der Waals surface area contributed by atoms with E-state index in [-0.39, 0.29) is 6.10 Å². The number of anilines is 2. The lowest BCUT2D eigenvalue weighted by Crippen LogP contribution is -2.05. The van der Waals surface area contributed by atoms with E-state index in [1.807, 2.05) is 30.3 Å². The van der Waals surface area contributed by atoms with E-state index in [0.717, 1.165) is 28.6 Å². The number of nitrogens with one attached hydrogen (secondary N) is 1. The van der Waals surface area contributed by atoms with E-state index in [2.05, 4.69) is 24.4 Å². The zero-order valence-electron chi connectivity index (χ0n) is 10.1. The molecule has 1 N–H and O–H groups in total. The van der Waals surface area contributed by atoms with Crippen LogP contribution in [0.3, 0.4) is 0 Å². The number of ether oxygens (including phenoxy) is 1. The zero-order chi connectivity index (χ0) is 12.5. The second-order valence-corrected chi connectivity index (χ2v) is 4.99. The topological polar surface area (TPSA) is 21.3 Å². The molecule has 1 unspecified atom stereocenters. The number of para-hydroxylation sites is 1. The Bertz CT molecular complexity index is 565. The van der Waals surface area contributed by atoms with Crippen molar-refractivity contribution in [2.45, 2.75) is 19.4 Å². The molecule has 2 aromatic rings. The predicted octanol–water partition coefficient (Wildman–Crippen LogP) is 4.41. The molecule has 18 heavy (non-hydrogen) atoms. The largest absolute Gasteiger partial charge is 0.488 e. The molecule has 0 radical (unpaired) electrons. The molecule has 0 amide bonds. The normalized spacial score (nSPS) is 17.1. The van der Waals surface area contributed by atoms with Gasteiger partial charge in [0.25, 0.3) is 0 Å². The van der Waals surface area contributed by atoms with Crippen LogP contribution in [-0.4, -0.2) is 6.10 Å². The Hall–Kier alpha value is -1.67. The molecule has 0 aromatic heterocycles. The van der Waals surface area contributed by atoms with Gasteiger partial charge >= 0.3 is 0 Å². The maximum atomic E-state index is 5.88. The molecule has 92 valence electrons. The van der Waals surface area contributed by atoms with Gasteiger partial charge in [0.2, 0.25) is 0 Å². The van der Waals surface area contributed by atoms with Gasteiger partial charge in [-0.15, -0.1) is 0 Å². The van der Waals surface area contributed by atoms with E-state index in [1.165, 1.54) is 5.56 Å². The van der Waals surface area contributed by atoms with Crippen LogP contribution < -0.4 is 10.1 Å². The molecular formula is C15H14ClNO. The first-order valence-electron chi connectivity index (χ1n) is 6.03. The Balaban J connectivity index is 1.90. The molecule has 1 atom stereocenters. The molecule has 0 bridgehead atoms. The predicted molar refractivity (Wildman–Crippen MR) is 75.0 cm³/mol. The molecule has 2 nitrogen and oxygen atoms in total. The number of hydrogen-bond donors (Lipinski definition) is 1. The highest BCUT2D eigenvalue weighted by Crippen LogP contribution is 2.37. The summed E-state index contributed by atoms with van der Waals surface area (Å²) in [4.78, 5) is 0. The van der Waals surface area contributed by atoms with Gasteiger partial charge in [0.15, 0.2) is 0 Å². The lowest BCUT2D eigenvalue weighted by Gasteiger charge is -2.11. The van der Waals surface area contributed by atoms with E-state index in [1.54, 1.807) is 0 Å². The number of benzene rings is 2. The fourth-order valence-electron chi connectivity index (χ4n) is 2.22. The summed E-state index contributed by atoms with van der Waals surface area (Å²) in [6, 6.07) is 13.9. The van der Waals surface area contributed by atoms with Crippen LogP contribution in [-0.2, 0) is 6.42 Å². The average molecular weight is 260 g/mol. The Morgan fingerprint density at radius 1 is 1.17 bits per heavy atom. The maximum Gasteiger partial charge on any atom is 0.146 e. The van der Waals surface area contributed by atoms with Gasteiger partial charge in [-0.25, -0.2) is 0 Å². The molecule has 2 aromatic carbocycles. The summed E-state index contributed by atoms with van der Waals surface area (Å²) in [6.45, 7) is 2.09. The number of rotatable bonds is 2. The van der Waals surface area contributed by atoms with Crippen molar-refractivity contribution in [3.63, 3.8) is 0 Å². The Morgan fingerprint density at radius 2 is 1.94 bits per heavy atom. The van der Waals surface area contributed by atoms with Gasteiger partial charge in [0.05, 0.1) is 5.69 Å². The molecule has 3 rings (SSSR count). The quantitative estimate of drug-likeness (QED) is 0.863. The second-order valence-electron chi connectivity index (χ2n) is 4.56. The highest BCUT2D eigenvalue weighted by atomic mass is 35.5. The molecule has 1 aliphatic rings. The molecule has 0 aliphatic carbocycles. The standard InChI is InChI=1S/C15H14ClNO/c1-10-9-11-3-2-4-14(15(11)18-10)17-13-7-5-12(16)6-8-13/h2-8,10,17H,9H2,1H3. The van der Waals surface area contributed by atoms with Crippen LogP contribution in [0.4, 0.5) is 11.4 Å². The smallest absolute Gasteiger partial charge is 0.146 e. The molecule has 0 saturated carbocycles. The van der Waals surface area contributed by atoms with Crippen molar-refractivity contribution < 1.29 is 4.74 Å². The maximum absolute atomic E-state index is 5.88. The first-order valence-corrected chi connectivity index (χ1v) is 6.41. The van der Waals surface area contributed by atoms with E-state index >= 15 is 0 Å². The van der Waals surface area contributed by atoms with Gasteiger partial charge < -0.3 is 10.1 Å². The Kier molecular flexibility index (Phi) is 2.88. The first kappa shape index (κ1) is 11.4. The van der Waals surface area contributed by atoms with Gasteiger partial charge in [-0.3, -0.25) is 0 Å². The minimum absolute atomic E-state index is 0.258. The molecular weight excluding hydrogens is 246 g/mol. The van der Waals surface area contributed by atoms with E-state index in [0.29, 0.717) is 0 Å². The van der Waals surface area contributed by atoms with Crippen LogP contribution in [0.1, 0.15) is 12.5 Å². The summed E-state index contributed by atoms with van der Waals surface area (Å²) < 4.78 is 5.85. The minimum atomic E-state index is 0.258. The van der Waals surface area contributed by atoms with Crippen LogP contribution in [0.15, 0.2) is 42.5 Å². The summed E-state index contributed by atoms with van der Waals surface area (Å²) in [5.74, 6) is 0.972. The summed E-state index contributed by atoms with van der Waals surface area (Å²) >= 11 is 5.88. The molecule has 1 aliphatic heterocycles. The molecule has 0 saturated heterocycles. The second kappa shape index (κ2) is 4.54. The van der Waals surface area contributed by atoms with Crippen molar-refractivity contribution in [2.24, 2.45) is 0 Å². The third-order valence-electron chi connectivity index (χ3n) is 3.05. The van der Waals surface area contributed by atoms with E-state index in [9.17, 15) is 0 Å². The van der Waals surface area contributed by atoms with Crippen molar-refractivity contribution >= 4 is 23.0 Å². The van der Waals surface area contributed by atoms with Crippen LogP contribution in [0, 0.1) is 0 Å². The number of fused-ring (bicyclic) bond motifs is 1. The average Bonchev–Trinajstić information content (AvgIpc) is 2.73. The summed E-state index contributed by atoms with van der Waals surface area (Å²) in [7, 11) is 0. The number of halogens is 1. The first-order chi connectivity index (χ1) is 8.72. The van der Waals surface area contributed by atoms with Crippen LogP contribution in [0.25, 0.3) is 0 Å². The van der Waals surface area contributed by atoms with Crippen LogP contribution in [0.2, 0.25) is 5.02 Å². The van der Waals surface area contributed by atoms with Crippen LogP contribution in [0.5, 0.6) is 5.75 Å². The Morgan fingerprint density at radius 3 is 2.72 bits per heavy atom. The fraction of sp³-hybridized carbons (Fsp3) is 0.200. The third kappa shape index (κ3) is 2.16. The lowest BCUT2D eigenvalue weighted by atomic mass is 10.1. The highest BCUT2D eigenvalue weighted by molar-refractivity contribution is 6.30. The molecule has 0 spiro atoms. The van der Waals surface area contributed by atoms with Gasteiger partial charge in [0, 0.05) is 17.1 Å². The third-order valence-corrected chi connectivity index (χ3v) is 3.30. The SMILES string of the molecule is CC1Cc2cccc(Nc3ccc(Cl)cc3)c2O1.